The van der Waals surface area contributed by atoms with Crippen LogP contribution in [0.1, 0.15) is 18.2 Å². The molecular formula is C12H9BrF3N. The fraction of sp³-hybridized carbons (Fsp3) is 0.250. The largest absolute Gasteiger partial charge is 0.418 e. The first-order valence-electron chi connectivity index (χ1n) is 5.08. The molecule has 0 saturated heterocycles. The Hall–Kier alpha value is -1.10. The van der Waals surface area contributed by atoms with E-state index in [1.165, 1.54) is 0 Å². The van der Waals surface area contributed by atoms with Crippen molar-refractivity contribution >= 4 is 26.8 Å². The number of hydrogen-bond donors (Lipinski definition) is 0. The number of rotatable bonds is 1. The van der Waals surface area contributed by atoms with Crippen LogP contribution in [0.15, 0.2) is 28.7 Å². The van der Waals surface area contributed by atoms with E-state index < -0.39 is 11.7 Å². The van der Waals surface area contributed by atoms with Crippen LogP contribution in [0.3, 0.4) is 0 Å². The van der Waals surface area contributed by atoms with Crippen molar-refractivity contribution in [2.24, 2.45) is 0 Å². The Kier molecular flexibility index (Phi) is 3.12. The molecule has 0 N–H and O–H groups in total. The van der Waals surface area contributed by atoms with Crippen molar-refractivity contribution in [2.45, 2.75) is 19.5 Å². The van der Waals surface area contributed by atoms with Crippen LogP contribution >= 0.6 is 15.9 Å². The molecule has 2 rings (SSSR count). The van der Waals surface area contributed by atoms with E-state index >= 15 is 0 Å². The minimum atomic E-state index is -4.39. The zero-order chi connectivity index (χ0) is 12.6. The van der Waals surface area contributed by atoms with Gasteiger partial charge in [0.15, 0.2) is 0 Å². The molecule has 0 aliphatic heterocycles. The number of alkyl halides is 3. The summed E-state index contributed by atoms with van der Waals surface area (Å²) < 4.78 is 39.0. The quantitative estimate of drug-likeness (QED) is 0.751. The molecule has 0 bridgehead atoms. The van der Waals surface area contributed by atoms with E-state index in [-0.39, 0.29) is 5.52 Å². The molecule has 0 amide bonds. The molecule has 1 heterocycles. The third kappa shape index (κ3) is 2.44. The molecule has 0 aliphatic rings. The van der Waals surface area contributed by atoms with E-state index in [0.29, 0.717) is 22.0 Å². The van der Waals surface area contributed by atoms with Crippen LogP contribution < -0.4 is 0 Å². The lowest BCUT2D eigenvalue weighted by Crippen LogP contribution is -2.07. The van der Waals surface area contributed by atoms with Gasteiger partial charge in [-0.15, -0.1) is 0 Å². The molecule has 0 unspecified atom stereocenters. The normalized spacial score (nSPS) is 12.1. The summed E-state index contributed by atoms with van der Waals surface area (Å²) in [5, 5.41) is 0.490. The van der Waals surface area contributed by atoms with Gasteiger partial charge in [0.2, 0.25) is 0 Å². The van der Waals surface area contributed by atoms with E-state index in [1.807, 2.05) is 6.92 Å². The first-order valence-corrected chi connectivity index (χ1v) is 5.87. The number of aryl methyl sites for hydroxylation is 1. The molecule has 90 valence electrons. The second kappa shape index (κ2) is 4.29. The Morgan fingerprint density at radius 2 is 1.94 bits per heavy atom. The number of fused-ring (bicyclic) bond motifs is 1. The van der Waals surface area contributed by atoms with Gasteiger partial charge in [0.1, 0.15) is 0 Å². The molecule has 1 aromatic heterocycles. The Bertz CT molecular complexity index is 563. The topological polar surface area (TPSA) is 12.9 Å². The van der Waals surface area contributed by atoms with Gasteiger partial charge in [0.05, 0.1) is 11.1 Å². The van der Waals surface area contributed by atoms with Crippen LogP contribution in [0, 0.1) is 0 Å². The molecular weight excluding hydrogens is 295 g/mol. The first kappa shape index (κ1) is 12.4. The molecule has 1 nitrogen and oxygen atoms in total. The average molecular weight is 304 g/mol. The van der Waals surface area contributed by atoms with Gasteiger partial charge in [-0.25, -0.2) is 0 Å². The summed E-state index contributed by atoms with van der Waals surface area (Å²) in [6.45, 7) is 1.86. The maximum absolute atomic E-state index is 12.9. The van der Waals surface area contributed by atoms with Crippen molar-refractivity contribution in [1.82, 2.24) is 4.98 Å². The van der Waals surface area contributed by atoms with Crippen LogP contribution in [0.2, 0.25) is 0 Å². The Morgan fingerprint density at radius 3 is 2.53 bits per heavy atom. The lowest BCUT2D eigenvalue weighted by Gasteiger charge is -2.11. The molecule has 0 fully saturated rings. The van der Waals surface area contributed by atoms with Gasteiger partial charge in [-0.1, -0.05) is 28.9 Å². The smallest absolute Gasteiger partial charge is 0.252 e. The molecule has 17 heavy (non-hydrogen) atoms. The van der Waals surface area contributed by atoms with Gasteiger partial charge in [0, 0.05) is 15.6 Å². The lowest BCUT2D eigenvalue weighted by molar-refractivity contribution is -0.136. The highest BCUT2D eigenvalue weighted by Gasteiger charge is 2.33. The minimum Gasteiger partial charge on any atom is -0.252 e. The Balaban J connectivity index is 2.80. The SMILES string of the molecule is CCc1ccc2cc(Br)cc(C(F)(F)F)c2n1. The summed E-state index contributed by atoms with van der Waals surface area (Å²) in [7, 11) is 0. The summed E-state index contributed by atoms with van der Waals surface area (Å²) in [5.74, 6) is 0. The number of hydrogen-bond acceptors (Lipinski definition) is 1. The van der Waals surface area contributed by atoms with Gasteiger partial charge in [-0.3, -0.25) is 4.98 Å². The number of halogens is 4. The van der Waals surface area contributed by atoms with Crippen LogP contribution in [-0.4, -0.2) is 4.98 Å². The van der Waals surface area contributed by atoms with Crippen LogP contribution in [0.25, 0.3) is 10.9 Å². The van der Waals surface area contributed by atoms with Crippen molar-refractivity contribution in [3.63, 3.8) is 0 Å². The molecule has 2 aromatic rings. The van der Waals surface area contributed by atoms with E-state index in [2.05, 4.69) is 20.9 Å². The zero-order valence-corrected chi connectivity index (χ0v) is 10.6. The zero-order valence-electron chi connectivity index (χ0n) is 8.98. The summed E-state index contributed by atoms with van der Waals surface area (Å²) in [4.78, 5) is 4.06. The van der Waals surface area contributed by atoms with Crippen LogP contribution in [-0.2, 0) is 12.6 Å². The highest BCUT2D eigenvalue weighted by Crippen LogP contribution is 2.36. The number of pyridine rings is 1. The van der Waals surface area contributed by atoms with E-state index in [1.54, 1.807) is 18.2 Å². The molecule has 0 aliphatic carbocycles. The average Bonchev–Trinajstić information content (AvgIpc) is 2.26. The van der Waals surface area contributed by atoms with E-state index in [9.17, 15) is 13.2 Å². The second-order valence-electron chi connectivity index (χ2n) is 3.68. The summed E-state index contributed by atoms with van der Waals surface area (Å²) in [6, 6.07) is 6.11. The van der Waals surface area contributed by atoms with Crippen molar-refractivity contribution in [3.05, 3.63) is 40.0 Å². The maximum atomic E-state index is 12.9. The van der Waals surface area contributed by atoms with Crippen molar-refractivity contribution in [1.29, 1.82) is 0 Å². The van der Waals surface area contributed by atoms with Gasteiger partial charge < -0.3 is 0 Å². The van der Waals surface area contributed by atoms with Gasteiger partial charge in [-0.2, -0.15) is 13.2 Å². The fourth-order valence-electron chi connectivity index (χ4n) is 1.65. The molecule has 5 heteroatoms. The molecule has 0 saturated carbocycles. The fourth-order valence-corrected chi connectivity index (χ4v) is 2.13. The minimum absolute atomic E-state index is 0.0139. The molecule has 0 atom stereocenters. The number of benzene rings is 1. The summed E-state index contributed by atoms with van der Waals surface area (Å²) in [5.41, 5.74) is -0.0254. The Labute approximate surface area is 105 Å². The predicted octanol–water partition coefficient (Wildman–Crippen LogP) is 4.58. The third-order valence-electron chi connectivity index (χ3n) is 2.48. The first-order chi connectivity index (χ1) is 7.91. The molecule has 0 radical (unpaired) electrons. The highest BCUT2D eigenvalue weighted by molar-refractivity contribution is 9.10. The molecule has 1 aromatic carbocycles. The highest BCUT2D eigenvalue weighted by atomic mass is 79.9. The predicted molar refractivity (Wildman–Crippen MR) is 63.8 cm³/mol. The van der Waals surface area contributed by atoms with Gasteiger partial charge in [-0.05, 0) is 24.6 Å². The number of nitrogens with zero attached hydrogens (tertiary/aromatic N) is 1. The summed E-state index contributed by atoms with van der Waals surface area (Å²) in [6.07, 6.45) is -3.77. The van der Waals surface area contributed by atoms with Crippen molar-refractivity contribution in [2.75, 3.05) is 0 Å². The van der Waals surface area contributed by atoms with E-state index in [0.717, 1.165) is 6.07 Å². The summed E-state index contributed by atoms with van der Waals surface area (Å²) >= 11 is 3.08. The van der Waals surface area contributed by atoms with Crippen molar-refractivity contribution < 1.29 is 13.2 Å². The van der Waals surface area contributed by atoms with Crippen LogP contribution in [0.4, 0.5) is 13.2 Å². The third-order valence-corrected chi connectivity index (χ3v) is 2.94. The van der Waals surface area contributed by atoms with Crippen LogP contribution in [0.5, 0.6) is 0 Å². The van der Waals surface area contributed by atoms with Crippen molar-refractivity contribution in [3.8, 4) is 0 Å². The molecule has 0 spiro atoms. The standard InChI is InChI=1S/C12H9BrF3N/c1-2-9-4-3-7-5-8(13)6-10(11(7)17-9)12(14,15)16/h3-6H,2H2,1H3. The second-order valence-corrected chi connectivity index (χ2v) is 4.59. The maximum Gasteiger partial charge on any atom is 0.418 e. The van der Waals surface area contributed by atoms with Gasteiger partial charge in [0.25, 0.3) is 0 Å². The van der Waals surface area contributed by atoms with Gasteiger partial charge >= 0.3 is 6.18 Å². The lowest BCUT2D eigenvalue weighted by atomic mass is 10.1. The Morgan fingerprint density at radius 1 is 1.24 bits per heavy atom. The monoisotopic (exact) mass is 303 g/mol. The number of aromatic nitrogens is 1. The van der Waals surface area contributed by atoms with E-state index in [4.69, 9.17) is 0 Å².